The Bertz CT molecular complexity index is 561. The van der Waals surface area contributed by atoms with Crippen molar-refractivity contribution < 1.29 is 57.7 Å². The molecule has 173 valence electrons. The van der Waals surface area contributed by atoms with Gasteiger partial charge >= 0.3 is 37.4 Å². The summed E-state index contributed by atoms with van der Waals surface area (Å²) >= 11 is 2.31. The molecule has 0 amide bonds. The van der Waals surface area contributed by atoms with E-state index in [1.165, 1.54) is 12.3 Å². The summed E-state index contributed by atoms with van der Waals surface area (Å²) in [5, 5.41) is 0. The van der Waals surface area contributed by atoms with Gasteiger partial charge in [-0.2, -0.15) is 20.3 Å². The second-order valence-electron chi connectivity index (χ2n) is 5.65. The Morgan fingerprint density at radius 2 is 1.20 bits per heavy atom. The number of hydrogen-bond donors (Lipinski definition) is 0. The van der Waals surface area contributed by atoms with Crippen molar-refractivity contribution in [3.63, 3.8) is 0 Å². The molecule has 9 nitrogen and oxygen atoms in total. The van der Waals surface area contributed by atoms with Crippen molar-refractivity contribution >= 4 is 23.9 Å². The first kappa shape index (κ1) is 32.0. The standard InChI is InChI=1S/C15H17O8.C5H11.Co.O/c1-5-12(17)21-9-15(8-20-11(4)16,23-14(19)7-3)10-22-13(18)6-2;1-4-5(2)3;;/h5-7H,1-4,8-10H2;4H2,1-3H3;;/q2*-1;;. The van der Waals surface area contributed by atoms with Gasteiger partial charge in [0.15, 0.2) is 5.97 Å². The minimum absolute atomic E-state index is 0.560. The molecule has 0 fully saturated rings. The van der Waals surface area contributed by atoms with Crippen LogP contribution in [0.1, 0.15) is 27.2 Å². The predicted octanol–water partition coefficient (Wildman–Crippen LogP) is 2.18. The summed E-state index contributed by atoms with van der Waals surface area (Å²) in [6, 6.07) is 0. The predicted molar refractivity (Wildman–Crippen MR) is 103 cm³/mol. The summed E-state index contributed by atoms with van der Waals surface area (Å²) in [5.41, 5.74) is -1.77. The molecule has 0 unspecified atom stereocenters. The average molecular weight is 471 g/mol. The van der Waals surface area contributed by atoms with E-state index in [2.05, 4.69) is 67.8 Å². The van der Waals surface area contributed by atoms with Gasteiger partial charge in [-0.05, 0) is 0 Å². The Kier molecular flexibility index (Phi) is 20.9. The number of rotatable bonds is 11. The quantitative estimate of drug-likeness (QED) is 0.193. The maximum absolute atomic E-state index is 11.5. The molecule has 0 aromatic rings. The van der Waals surface area contributed by atoms with E-state index in [1.54, 1.807) is 0 Å². The molecule has 0 aromatic carbocycles. The topological polar surface area (TPSA) is 122 Å². The second-order valence-corrected chi connectivity index (χ2v) is 5.65. The van der Waals surface area contributed by atoms with Crippen LogP contribution in [0, 0.1) is 12.8 Å². The van der Waals surface area contributed by atoms with Crippen LogP contribution in [-0.4, -0.2) is 49.3 Å². The van der Waals surface area contributed by atoms with Crippen LogP contribution in [0.4, 0.5) is 0 Å². The zero-order valence-corrected chi connectivity index (χ0v) is 18.4. The first-order valence-electron chi connectivity index (χ1n) is 8.40. The molecule has 0 aliphatic rings. The molecule has 0 bridgehead atoms. The summed E-state index contributed by atoms with van der Waals surface area (Å²) in [5.74, 6) is -1.96. The number of carbonyl (C=O) groups excluding carboxylic acids is 4. The second kappa shape index (κ2) is 19.6. The monoisotopic (exact) mass is 471 g/mol. The molecular weight excluding hydrogens is 443 g/mol. The van der Waals surface area contributed by atoms with Gasteiger partial charge in [0.25, 0.3) is 0 Å². The van der Waals surface area contributed by atoms with E-state index in [0.29, 0.717) is 0 Å². The van der Waals surface area contributed by atoms with E-state index >= 15 is 0 Å². The van der Waals surface area contributed by atoms with Crippen molar-refractivity contribution in [1.82, 2.24) is 0 Å². The minimum atomic E-state index is -1.77. The molecule has 0 heterocycles. The summed E-state index contributed by atoms with van der Waals surface area (Å²) in [7, 11) is 0. The Labute approximate surface area is 185 Å². The molecular formula is C20H28CoO9-2. The molecule has 0 saturated heterocycles. The van der Waals surface area contributed by atoms with Crippen LogP contribution in [0.3, 0.4) is 0 Å². The molecule has 0 aromatic heterocycles. The fraction of sp³-hybridized carbons (Fsp3) is 0.400. The van der Waals surface area contributed by atoms with E-state index in [9.17, 15) is 19.2 Å². The van der Waals surface area contributed by atoms with Gasteiger partial charge in [0, 0.05) is 18.2 Å². The normalized spacial score (nSPS) is 9.37. The fourth-order valence-corrected chi connectivity index (χ4v) is 1.20. The van der Waals surface area contributed by atoms with Gasteiger partial charge in [-0.1, -0.05) is 26.7 Å². The van der Waals surface area contributed by atoms with E-state index in [0.717, 1.165) is 18.2 Å². The molecule has 0 aliphatic carbocycles. The molecule has 0 atom stereocenters. The van der Waals surface area contributed by atoms with Gasteiger partial charge in [0.05, 0.1) is 0 Å². The van der Waals surface area contributed by atoms with Crippen LogP contribution >= 0.6 is 0 Å². The first-order chi connectivity index (χ1) is 14.1. The molecule has 0 N–H and O–H groups in total. The van der Waals surface area contributed by atoms with Crippen molar-refractivity contribution in [2.45, 2.75) is 32.8 Å². The van der Waals surface area contributed by atoms with Gasteiger partial charge in [-0.3, -0.25) is 11.7 Å². The van der Waals surface area contributed by atoms with Crippen molar-refractivity contribution in [3.05, 3.63) is 50.8 Å². The number of esters is 4. The van der Waals surface area contributed by atoms with E-state index in [1.807, 2.05) is 0 Å². The fourth-order valence-electron chi connectivity index (χ4n) is 1.20. The summed E-state index contributed by atoms with van der Waals surface area (Å²) in [6.07, 6.45) is 3.82. The Hall–Kier alpha value is -2.72. The van der Waals surface area contributed by atoms with E-state index in [-0.39, 0.29) is 0 Å². The zero-order chi connectivity index (χ0) is 24.2. The van der Waals surface area contributed by atoms with E-state index < -0.39 is 49.3 Å². The average Bonchev–Trinajstić information content (AvgIpc) is 2.75. The summed E-state index contributed by atoms with van der Waals surface area (Å²) in [6.45, 7) is 17.4. The third-order valence-electron chi connectivity index (χ3n) is 2.98. The van der Waals surface area contributed by atoms with Crippen LogP contribution in [0.5, 0.6) is 0 Å². The van der Waals surface area contributed by atoms with Gasteiger partial charge in [0.2, 0.25) is 5.60 Å². The Balaban J connectivity index is -0.000000901. The zero-order valence-electron chi connectivity index (χ0n) is 17.4. The third-order valence-corrected chi connectivity index (χ3v) is 2.98. The Morgan fingerprint density at radius 3 is 1.47 bits per heavy atom. The van der Waals surface area contributed by atoms with Crippen LogP contribution in [0.25, 0.3) is 0 Å². The summed E-state index contributed by atoms with van der Waals surface area (Å²) in [4.78, 5) is 44.8. The molecule has 30 heavy (non-hydrogen) atoms. The van der Waals surface area contributed by atoms with E-state index in [4.69, 9.17) is 18.1 Å². The van der Waals surface area contributed by atoms with Crippen molar-refractivity contribution in [2.75, 3.05) is 19.8 Å². The third kappa shape index (κ3) is 18.6. The molecule has 0 rings (SSSR count). The van der Waals surface area contributed by atoms with Crippen molar-refractivity contribution in [2.24, 2.45) is 0 Å². The van der Waals surface area contributed by atoms with Crippen LogP contribution in [-0.2, 0) is 57.7 Å². The van der Waals surface area contributed by atoms with Gasteiger partial charge in [-0.15, -0.1) is 0 Å². The van der Waals surface area contributed by atoms with Crippen LogP contribution in [0.2, 0.25) is 0 Å². The molecule has 10 heteroatoms. The summed E-state index contributed by atoms with van der Waals surface area (Å²) < 4.78 is 27.3. The van der Waals surface area contributed by atoms with Gasteiger partial charge in [0.1, 0.15) is 19.8 Å². The number of ether oxygens (including phenoxy) is 4. The van der Waals surface area contributed by atoms with Crippen LogP contribution < -0.4 is 0 Å². The first-order valence-corrected chi connectivity index (χ1v) is 8.83. The molecule has 0 radical (unpaired) electrons. The maximum atomic E-state index is 11.5. The van der Waals surface area contributed by atoms with Crippen molar-refractivity contribution in [3.8, 4) is 0 Å². The molecule has 0 spiro atoms. The van der Waals surface area contributed by atoms with Crippen molar-refractivity contribution in [1.29, 1.82) is 0 Å². The molecule has 0 saturated carbocycles. The molecule has 0 aliphatic heterocycles. The number of hydrogen-bond acceptors (Lipinski definition) is 9. The van der Waals surface area contributed by atoms with Gasteiger partial charge < -0.3 is 24.9 Å². The SMILES string of the molecule is C=CC(=O)OCC(COC([CH2-])=O)(COC(=O)C=C)OC(=O)C=C.CC[C-](C)C.[O]=[Co]. The Morgan fingerprint density at radius 1 is 0.867 bits per heavy atom. The number of carbonyl (C=O) groups is 4. The van der Waals surface area contributed by atoms with Crippen LogP contribution in [0.15, 0.2) is 38.0 Å². The van der Waals surface area contributed by atoms with Gasteiger partial charge in [-0.25, -0.2) is 14.4 Å².